The second-order valence-electron chi connectivity index (χ2n) is 6.42. The molecular formula is C21H20F2N4. The van der Waals surface area contributed by atoms with Crippen LogP contribution in [0.5, 0.6) is 0 Å². The minimum atomic E-state index is -0.531. The van der Waals surface area contributed by atoms with E-state index in [0.717, 1.165) is 22.3 Å². The van der Waals surface area contributed by atoms with Crippen LogP contribution in [0.15, 0.2) is 49.4 Å². The predicted octanol–water partition coefficient (Wildman–Crippen LogP) is 5.01. The molecule has 2 aromatic heterocycles. The summed E-state index contributed by atoms with van der Waals surface area (Å²) in [5.74, 6) is -1.04. The number of aromatic nitrogens is 2. The summed E-state index contributed by atoms with van der Waals surface area (Å²) in [7, 11) is 0. The molecule has 0 aliphatic heterocycles. The van der Waals surface area contributed by atoms with E-state index in [2.05, 4.69) is 21.9 Å². The van der Waals surface area contributed by atoms with Crippen LogP contribution in [0.2, 0.25) is 0 Å². The molecule has 0 amide bonds. The topological polar surface area (TPSA) is 63.8 Å². The Morgan fingerprint density at radius 1 is 1.15 bits per heavy atom. The molecule has 0 aliphatic rings. The van der Waals surface area contributed by atoms with Crippen LogP contribution >= 0.6 is 0 Å². The van der Waals surface area contributed by atoms with Crippen molar-refractivity contribution in [1.29, 1.82) is 0 Å². The number of hydrogen-bond donors (Lipinski definition) is 2. The Balaban J connectivity index is 1.89. The van der Waals surface area contributed by atoms with E-state index in [-0.39, 0.29) is 11.6 Å². The first-order valence-corrected chi connectivity index (χ1v) is 8.41. The molecule has 6 heteroatoms. The molecule has 0 bridgehead atoms. The van der Waals surface area contributed by atoms with Crippen molar-refractivity contribution in [3.05, 3.63) is 83.3 Å². The molecule has 4 nitrogen and oxygen atoms in total. The van der Waals surface area contributed by atoms with Crippen molar-refractivity contribution >= 4 is 22.8 Å². The van der Waals surface area contributed by atoms with Crippen LogP contribution in [0.1, 0.15) is 29.2 Å². The average Bonchev–Trinajstić information content (AvgIpc) is 2.63. The maximum Gasteiger partial charge on any atom is 0.168 e. The Kier molecular flexibility index (Phi) is 5.16. The molecule has 0 unspecified atom stereocenters. The van der Waals surface area contributed by atoms with E-state index in [1.165, 1.54) is 12.3 Å². The van der Waals surface area contributed by atoms with E-state index in [1.54, 1.807) is 30.6 Å². The lowest BCUT2D eigenvalue weighted by molar-refractivity contribution is 0.613. The number of nitrogens with zero attached hydrogens (tertiary/aromatic N) is 2. The first kappa shape index (κ1) is 18.5. The van der Waals surface area contributed by atoms with Crippen molar-refractivity contribution in [2.45, 2.75) is 20.3 Å². The van der Waals surface area contributed by atoms with Gasteiger partial charge in [0.05, 0.1) is 17.6 Å². The highest BCUT2D eigenvalue weighted by atomic mass is 19.1. The summed E-state index contributed by atoms with van der Waals surface area (Å²) in [4.78, 5) is 7.93. The maximum absolute atomic E-state index is 14.4. The van der Waals surface area contributed by atoms with Crippen molar-refractivity contribution in [3.63, 3.8) is 0 Å². The van der Waals surface area contributed by atoms with Gasteiger partial charge in [-0.1, -0.05) is 18.2 Å². The summed E-state index contributed by atoms with van der Waals surface area (Å²) >= 11 is 0. The summed E-state index contributed by atoms with van der Waals surface area (Å²) in [5, 5.41) is 3.06. The normalized spacial score (nSPS) is 10.7. The number of anilines is 3. The Bertz CT molecular complexity index is 1020. The number of allylic oxidation sites excluding steroid dienone is 1. The van der Waals surface area contributed by atoms with Crippen LogP contribution in [0.25, 0.3) is 5.57 Å². The lowest BCUT2D eigenvalue weighted by atomic mass is 10.0. The number of nitrogen functional groups attached to an aromatic ring is 1. The fourth-order valence-electron chi connectivity index (χ4n) is 2.74. The molecule has 3 N–H and O–H groups in total. The SMILES string of the molecule is C=C(C)c1ccc(Nc2cncc(Cc3ccnc(N)c3F)c2C)c(F)c1. The van der Waals surface area contributed by atoms with Gasteiger partial charge in [0.15, 0.2) is 11.6 Å². The standard InChI is InChI=1S/C21H20F2N4/c1-12(2)14-4-5-18(17(22)9-14)27-19-11-25-10-16(13(19)3)8-15-6-7-26-21(24)20(15)23/h4-7,9-11,27H,1,8H2,2-3H3,(H2,24,26). The maximum atomic E-state index is 14.4. The Labute approximate surface area is 156 Å². The third-order valence-electron chi connectivity index (χ3n) is 4.43. The van der Waals surface area contributed by atoms with Crippen LogP contribution in [-0.2, 0) is 6.42 Å². The lowest BCUT2D eigenvalue weighted by Gasteiger charge is -2.14. The van der Waals surface area contributed by atoms with E-state index in [4.69, 9.17) is 5.73 Å². The van der Waals surface area contributed by atoms with Gasteiger partial charge in [-0.25, -0.2) is 13.8 Å². The van der Waals surface area contributed by atoms with E-state index in [1.807, 2.05) is 13.8 Å². The largest absolute Gasteiger partial charge is 0.381 e. The first-order valence-electron chi connectivity index (χ1n) is 8.41. The lowest BCUT2D eigenvalue weighted by Crippen LogP contribution is -2.04. The van der Waals surface area contributed by atoms with Gasteiger partial charge in [-0.15, -0.1) is 0 Å². The zero-order valence-corrected chi connectivity index (χ0v) is 15.2. The van der Waals surface area contributed by atoms with Crippen molar-refractivity contribution in [3.8, 4) is 0 Å². The number of pyridine rings is 2. The summed E-state index contributed by atoms with van der Waals surface area (Å²) in [6.45, 7) is 7.52. The first-order chi connectivity index (χ1) is 12.9. The number of hydrogen-bond acceptors (Lipinski definition) is 4. The highest BCUT2D eigenvalue weighted by Crippen LogP contribution is 2.27. The Morgan fingerprint density at radius 2 is 1.93 bits per heavy atom. The third kappa shape index (κ3) is 3.95. The third-order valence-corrected chi connectivity index (χ3v) is 4.43. The summed E-state index contributed by atoms with van der Waals surface area (Å²) in [5.41, 5.74) is 10.1. The van der Waals surface area contributed by atoms with Crippen LogP contribution in [0.3, 0.4) is 0 Å². The van der Waals surface area contributed by atoms with Gasteiger partial charge in [0, 0.05) is 18.8 Å². The molecule has 0 saturated carbocycles. The van der Waals surface area contributed by atoms with Gasteiger partial charge in [0.25, 0.3) is 0 Å². The fraction of sp³-hybridized carbons (Fsp3) is 0.143. The summed E-state index contributed by atoms with van der Waals surface area (Å²) < 4.78 is 28.5. The zero-order valence-electron chi connectivity index (χ0n) is 15.2. The molecule has 1 aromatic carbocycles. The molecule has 138 valence electrons. The molecule has 0 radical (unpaired) electrons. The molecule has 0 spiro atoms. The molecule has 3 rings (SSSR count). The summed E-state index contributed by atoms with van der Waals surface area (Å²) in [6, 6.07) is 6.48. The van der Waals surface area contributed by atoms with Crippen molar-refractivity contribution < 1.29 is 8.78 Å². The highest BCUT2D eigenvalue weighted by molar-refractivity contribution is 5.68. The van der Waals surface area contributed by atoms with Gasteiger partial charge in [-0.05, 0) is 54.3 Å². The molecule has 0 saturated heterocycles. The molecule has 0 fully saturated rings. The number of nitrogens with one attached hydrogen (secondary N) is 1. The van der Waals surface area contributed by atoms with Crippen LogP contribution in [0, 0.1) is 18.6 Å². The quantitative estimate of drug-likeness (QED) is 0.666. The van der Waals surface area contributed by atoms with Gasteiger partial charge in [-0.2, -0.15) is 0 Å². The number of benzene rings is 1. The van der Waals surface area contributed by atoms with Gasteiger partial charge >= 0.3 is 0 Å². The summed E-state index contributed by atoms with van der Waals surface area (Å²) in [6.07, 6.45) is 5.06. The van der Waals surface area contributed by atoms with Crippen LogP contribution in [0.4, 0.5) is 26.0 Å². The number of nitrogens with two attached hydrogens (primary N) is 1. The van der Waals surface area contributed by atoms with E-state index < -0.39 is 5.82 Å². The molecule has 2 heterocycles. The van der Waals surface area contributed by atoms with Gasteiger partial charge in [0.2, 0.25) is 0 Å². The second kappa shape index (κ2) is 7.53. The minimum absolute atomic E-state index is 0.132. The second-order valence-corrected chi connectivity index (χ2v) is 6.42. The molecule has 3 aromatic rings. The molecule has 0 aliphatic carbocycles. The molecule has 0 atom stereocenters. The predicted molar refractivity (Wildman–Crippen MR) is 105 cm³/mol. The average molecular weight is 366 g/mol. The fourth-order valence-corrected chi connectivity index (χ4v) is 2.74. The van der Waals surface area contributed by atoms with Gasteiger partial charge < -0.3 is 11.1 Å². The minimum Gasteiger partial charge on any atom is -0.381 e. The molecule has 27 heavy (non-hydrogen) atoms. The highest BCUT2D eigenvalue weighted by Gasteiger charge is 2.12. The van der Waals surface area contributed by atoms with Gasteiger partial charge in [-0.3, -0.25) is 4.98 Å². The Morgan fingerprint density at radius 3 is 2.63 bits per heavy atom. The Hall–Kier alpha value is -3.28. The van der Waals surface area contributed by atoms with E-state index in [9.17, 15) is 8.78 Å². The van der Waals surface area contributed by atoms with Crippen LogP contribution < -0.4 is 11.1 Å². The van der Waals surface area contributed by atoms with E-state index >= 15 is 0 Å². The number of halogens is 2. The van der Waals surface area contributed by atoms with E-state index in [0.29, 0.717) is 23.4 Å². The van der Waals surface area contributed by atoms with Crippen molar-refractivity contribution in [2.75, 3.05) is 11.1 Å². The zero-order chi connectivity index (χ0) is 19.6. The monoisotopic (exact) mass is 366 g/mol. The number of rotatable bonds is 5. The molecular weight excluding hydrogens is 346 g/mol. The van der Waals surface area contributed by atoms with Crippen molar-refractivity contribution in [2.24, 2.45) is 0 Å². The van der Waals surface area contributed by atoms with Crippen LogP contribution in [-0.4, -0.2) is 9.97 Å². The smallest absolute Gasteiger partial charge is 0.168 e. The van der Waals surface area contributed by atoms with Gasteiger partial charge in [0.1, 0.15) is 5.82 Å². The van der Waals surface area contributed by atoms with Crippen molar-refractivity contribution in [1.82, 2.24) is 9.97 Å².